The van der Waals surface area contributed by atoms with E-state index in [9.17, 15) is 10.2 Å². The largest absolute Gasteiger partial charge is 0.507 e. The lowest BCUT2D eigenvalue weighted by molar-refractivity contribution is -0.0124. The van der Waals surface area contributed by atoms with Crippen molar-refractivity contribution in [3.63, 3.8) is 0 Å². The molecule has 30 heavy (non-hydrogen) atoms. The molecule has 0 unspecified atom stereocenters. The minimum atomic E-state index is -0.488. The average molecular weight is 402 g/mol. The highest BCUT2D eigenvalue weighted by Crippen LogP contribution is 2.61. The predicted octanol–water partition coefficient (Wildman–Crippen LogP) is 5.36. The molecule has 0 aromatic heterocycles. The molecule has 2 aromatic carbocycles. The van der Waals surface area contributed by atoms with Crippen LogP contribution in [0.5, 0.6) is 5.75 Å². The van der Waals surface area contributed by atoms with E-state index in [0.29, 0.717) is 12.2 Å². The topological polar surface area (TPSA) is 52.8 Å². The van der Waals surface area contributed by atoms with Crippen molar-refractivity contribution in [1.82, 2.24) is 0 Å². The number of aryl methyl sites for hydroxylation is 1. The van der Waals surface area contributed by atoms with Crippen molar-refractivity contribution in [2.45, 2.75) is 64.0 Å². The van der Waals surface area contributed by atoms with Gasteiger partial charge in [0.1, 0.15) is 11.8 Å². The molecule has 7 rings (SSSR count). The smallest absolute Gasteiger partial charge is 0.124 e. The molecule has 0 saturated heterocycles. The predicted molar refractivity (Wildman–Crippen MR) is 119 cm³/mol. The summed E-state index contributed by atoms with van der Waals surface area (Å²) in [6.45, 7) is 2.08. The van der Waals surface area contributed by atoms with Gasteiger partial charge in [-0.05, 0) is 86.5 Å². The number of aliphatic hydroxyl groups excluding tert-OH is 1. The molecule has 5 aliphatic rings. The van der Waals surface area contributed by atoms with E-state index in [1.807, 2.05) is 24.3 Å². The Bertz CT molecular complexity index is 988. The van der Waals surface area contributed by atoms with E-state index in [4.69, 9.17) is 4.99 Å². The number of aliphatic imine (C=N–C) groups is 1. The van der Waals surface area contributed by atoms with Crippen LogP contribution in [-0.2, 0) is 6.42 Å². The van der Waals surface area contributed by atoms with Crippen LogP contribution < -0.4 is 0 Å². The van der Waals surface area contributed by atoms with Crippen LogP contribution in [-0.4, -0.2) is 22.0 Å². The Balaban J connectivity index is 1.52. The molecule has 156 valence electrons. The maximum Gasteiger partial charge on any atom is 0.124 e. The summed E-state index contributed by atoms with van der Waals surface area (Å²) in [5.41, 5.74) is 5.53. The molecule has 2 N–H and O–H groups in total. The highest BCUT2D eigenvalue weighted by Gasteiger charge is 2.54. The number of phenols is 1. The first-order valence-corrected chi connectivity index (χ1v) is 11.6. The number of aliphatic hydroxyl groups is 1. The Morgan fingerprint density at radius 2 is 1.63 bits per heavy atom. The first-order valence-electron chi connectivity index (χ1n) is 11.6. The zero-order valence-corrected chi connectivity index (χ0v) is 17.7. The summed E-state index contributed by atoms with van der Waals surface area (Å²) >= 11 is 0. The fourth-order valence-corrected chi connectivity index (χ4v) is 7.58. The van der Waals surface area contributed by atoms with E-state index in [-0.39, 0.29) is 11.5 Å². The van der Waals surface area contributed by atoms with E-state index < -0.39 is 6.10 Å². The lowest BCUT2D eigenvalue weighted by Gasteiger charge is -2.57. The zero-order chi connectivity index (χ0) is 20.5. The Morgan fingerprint density at radius 3 is 2.33 bits per heavy atom. The maximum absolute atomic E-state index is 10.9. The lowest BCUT2D eigenvalue weighted by Crippen LogP contribution is -2.50. The van der Waals surface area contributed by atoms with E-state index in [1.54, 1.807) is 0 Å². The van der Waals surface area contributed by atoms with Gasteiger partial charge in [0, 0.05) is 17.4 Å². The number of nitrogens with zero attached hydrogens (tertiary/aromatic N) is 1. The fraction of sp³-hybridized carbons (Fsp3) is 0.519. The van der Waals surface area contributed by atoms with Crippen LogP contribution in [0.2, 0.25) is 0 Å². The summed E-state index contributed by atoms with van der Waals surface area (Å²) in [6, 6.07) is 14.0. The minimum absolute atomic E-state index is 0.0529. The van der Waals surface area contributed by atoms with Crippen molar-refractivity contribution >= 4 is 5.71 Å². The maximum atomic E-state index is 10.9. The Morgan fingerprint density at radius 1 is 0.967 bits per heavy atom. The van der Waals surface area contributed by atoms with Crippen LogP contribution in [0.25, 0.3) is 0 Å². The summed E-state index contributed by atoms with van der Waals surface area (Å²) in [5.74, 6) is 2.73. The molecular weight excluding hydrogens is 370 g/mol. The van der Waals surface area contributed by atoms with Gasteiger partial charge in [-0.3, -0.25) is 4.99 Å². The van der Waals surface area contributed by atoms with E-state index in [1.165, 1.54) is 44.1 Å². The standard InChI is InChI=1S/C27H31NO2/c1-16-6-7-23(29)22(8-16)26(27-13-17-9-18(14-27)11-19(10-17)15-27)28-25-21-5-3-2-4-20(21)12-24(25)30/h2-8,17-19,24-25,29-30H,9-15H2,1H3/t17?,18?,19?,24-,25+,27?/m0/s1. The van der Waals surface area contributed by atoms with Gasteiger partial charge in [-0.25, -0.2) is 0 Å². The summed E-state index contributed by atoms with van der Waals surface area (Å²) in [4.78, 5) is 5.37. The Kier molecular flexibility index (Phi) is 4.15. The first-order chi connectivity index (χ1) is 14.5. The van der Waals surface area contributed by atoms with E-state index in [2.05, 4.69) is 25.1 Å². The van der Waals surface area contributed by atoms with Gasteiger partial charge in [0.15, 0.2) is 0 Å². The van der Waals surface area contributed by atoms with Crippen molar-refractivity contribution in [1.29, 1.82) is 0 Å². The number of hydrogen-bond acceptors (Lipinski definition) is 3. The molecule has 3 nitrogen and oxygen atoms in total. The summed E-state index contributed by atoms with van der Waals surface area (Å²) in [5, 5.41) is 21.8. The number of benzene rings is 2. The molecule has 0 amide bonds. The van der Waals surface area contributed by atoms with Crippen molar-refractivity contribution < 1.29 is 10.2 Å². The van der Waals surface area contributed by atoms with Gasteiger partial charge in [-0.2, -0.15) is 0 Å². The fourth-order valence-electron chi connectivity index (χ4n) is 7.58. The van der Waals surface area contributed by atoms with Gasteiger partial charge < -0.3 is 10.2 Å². The third-order valence-electron chi connectivity index (χ3n) is 8.38. The second kappa shape index (κ2) is 6.68. The van der Waals surface area contributed by atoms with Crippen LogP contribution in [0.1, 0.15) is 66.8 Å². The third-order valence-corrected chi connectivity index (χ3v) is 8.38. The Hall–Kier alpha value is -2.13. The van der Waals surface area contributed by atoms with Crippen molar-refractivity contribution in [3.05, 3.63) is 64.7 Å². The van der Waals surface area contributed by atoms with Gasteiger partial charge in [0.2, 0.25) is 0 Å². The number of phenolic OH excluding ortho intramolecular Hbond substituents is 1. The molecule has 5 aliphatic carbocycles. The van der Waals surface area contributed by atoms with Crippen LogP contribution >= 0.6 is 0 Å². The number of fused-ring (bicyclic) bond motifs is 1. The molecule has 0 aliphatic heterocycles. The number of aromatic hydroxyl groups is 1. The van der Waals surface area contributed by atoms with Crippen molar-refractivity contribution in [2.24, 2.45) is 28.2 Å². The lowest BCUT2D eigenvalue weighted by atomic mass is 9.48. The number of hydrogen-bond donors (Lipinski definition) is 2. The third kappa shape index (κ3) is 2.85. The van der Waals surface area contributed by atoms with Gasteiger partial charge in [0.25, 0.3) is 0 Å². The van der Waals surface area contributed by atoms with Gasteiger partial charge in [-0.1, -0.05) is 35.9 Å². The van der Waals surface area contributed by atoms with Crippen LogP contribution in [0.4, 0.5) is 0 Å². The molecule has 0 radical (unpaired) electrons. The molecule has 0 spiro atoms. The second-order valence-electron chi connectivity index (χ2n) is 10.6. The Labute approximate surface area is 178 Å². The highest BCUT2D eigenvalue weighted by molar-refractivity contribution is 6.07. The van der Waals surface area contributed by atoms with Crippen LogP contribution in [0, 0.1) is 30.1 Å². The molecular formula is C27H31NO2. The summed E-state index contributed by atoms with van der Waals surface area (Å²) < 4.78 is 0. The monoisotopic (exact) mass is 401 g/mol. The SMILES string of the molecule is Cc1ccc(O)c(C(=N[C@@H]2c3ccccc3C[C@@H]2O)C23CC4CC(CC(C4)C2)C3)c1. The minimum Gasteiger partial charge on any atom is -0.507 e. The molecule has 4 saturated carbocycles. The quantitative estimate of drug-likeness (QED) is 0.680. The highest BCUT2D eigenvalue weighted by atomic mass is 16.3. The molecule has 4 bridgehead atoms. The summed E-state index contributed by atoms with van der Waals surface area (Å²) in [7, 11) is 0. The van der Waals surface area contributed by atoms with Gasteiger partial charge >= 0.3 is 0 Å². The van der Waals surface area contributed by atoms with Crippen molar-refractivity contribution in [2.75, 3.05) is 0 Å². The second-order valence-corrected chi connectivity index (χ2v) is 10.6. The molecule has 2 aromatic rings. The normalized spacial score (nSPS) is 36.9. The zero-order valence-electron chi connectivity index (χ0n) is 17.7. The molecule has 3 heteroatoms. The van der Waals surface area contributed by atoms with E-state index in [0.717, 1.165) is 40.2 Å². The molecule has 4 fully saturated rings. The van der Waals surface area contributed by atoms with Gasteiger partial charge in [-0.15, -0.1) is 0 Å². The average Bonchev–Trinajstić information content (AvgIpc) is 3.02. The van der Waals surface area contributed by atoms with Crippen molar-refractivity contribution in [3.8, 4) is 5.75 Å². The first kappa shape index (κ1) is 18.6. The van der Waals surface area contributed by atoms with Gasteiger partial charge in [0.05, 0.1) is 11.8 Å². The van der Waals surface area contributed by atoms with E-state index >= 15 is 0 Å². The number of rotatable bonds is 3. The molecule has 0 heterocycles. The summed E-state index contributed by atoms with van der Waals surface area (Å²) in [6.07, 6.45) is 7.88. The van der Waals surface area contributed by atoms with Crippen LogP contribution in [0.3, 0.4) is 0 Å². The molecule has 2 atom stereocenters. The van der Waals surface area contributed by atoms with Crippen LogP contribution in [0.15, 0.2) is 47.5 Å².